The standard InChI is InChI=1S/C23H32N4O2/c1-23(2,29)18-27-14-12-26(13-15-27)17-20-8-10-21(11-9-20)25-22(28)24-16-19-6-4-3-5-7-19/h3-11,29H,12-18H2,1-2H3,(H2,24,25,28). The average Bonchev–Trinajstić information content (AvgIpc) is 2.69. The van der Waals surface area contributed by atoms with Crippen LogP contribution in [0.25, 0.3) is 0 Å². The van der Waals surface area contributed by atoms with Gasteiger partial charge < -0.3 is 15.7 Å². The summed E-state index contributed by atoms with van der Waals surface area (Å²) in [5, 5.41) is 15.7. The minimum atomic E-state index is -0.640. The van der Waals surface area contributed by atoms with E-state index in [2.05, 4.69) is 32.6 Å². The van der Waals surface area contributed by atoms with Crippen LogP contribution in [-0.4, -0.2) is 59.3 Å². The van der Waals surface area contributed by atoms with Gasteiger partial charge in [0.2, 0.25) is 0 Å². The number of amides is 2. The Kier molecular flexibility index (Phi) is 7.25. The summed E-state index contributed by atoms with van der Waals surface area (Å²) < 4.78 is 0. The van der Waals surface area contributed by atoms with Crippen LogP contribution in [-0.2, 0) is 13.1 Å². The maximum Gasteiger partial charge on any atom is 0.319 e. The number of benzene rings is 2. The second-order valence-electron chi connectivity index (χ2n) is 8.35. The summed E-state index contributed by atoms with van der Waals surface area (Å²) in [7, 11) is 0. The van der Waals surface area contributed by atoms with Gasteiger partial charge in [-0.3, -0.25) is 9.80 Å². The monoisotopic (exact) mass is 396 g/mol. The van der Waals surface area contributed by atoms with Crippen molar-refractivity contribution in [2.24, 2.45) is 0 Å². The largest absolute Gasteiger partial charge is 0.389 e. The number of carbonyl (C=O) groups is 1. The average molecular weight is 397 g/mol. The Morgan fingerprint density at radius 3 is 2.17 bits per heavy atom. The molecule has 1 aliphatic heterocycles. The number of hydrogen-bond donors (Lipinski definition) is 3. The highest BCUT2D eigenvalue weighted by Crippen LogP contribution is 2.14. The summed E-state index contributed by atoms with van der Waals surface area (Å²) in [6.45, 7) is 9.79. The highest BCUT2D eigenvalue weighted by Gasteiger charge is 2.22. The topological polar surface area (TPSA) is 67.8 Å². The third kappa shape index (κ3) is 7.49. The molecule has 1 saturated heterocycles. The van der Waals surface area contributed by atoms with E-state index in [-0.39, 0.29) is 6.03 Å². The van der Waals surface area contributed by atoms with E-state index in [1.54, 1.807) is 0 Å². The molecule has 0 saturated carbocycles. The third-order valence-corrected chi connectivity index (χ3v) is 4.99. The number of nitrogens with one attached hydrogen (secondary N) is 2. The molecule has 0 aromatic heterocycles. The van der Waals surface area contributed by atoms with Gasteiger partial charge in [0.15, 0.2) is 0 Å². The van der Waals surface area contributed by atoms with Crippen molar-refractivity contribution in [1.29, 1.82) is 0 Å². The van der Waals surface area contributed by atoms with Gasteiger partial charge in [-0.25, -0.2) is 4.79 Å². The first-order valence-corrected chi connectivity index (χ1v) is 10.2. The van der Waals surface area contributed by atoms with Crippen molar-refractivity contribution in [2.75, 3.05) is 38.0 Å². The molecule has 0 aliphatic carbocycles. The molecule has 0 radical (unpaired) electrons. The van der Waals surface area contributed by atoms with Gasteiger partial charge >= 0.3 is 6.03 Å². The van der Waals surface area contributed by atoms with Crippen LogP contribution in [0.5, 0.6) is 0 Å². The first-order valence-electron chi connectivity index (χ1n) is 10.2. The van der Waals surface area contributed by atoms with Gasteiger partial charge in [-0.15, -0.1) is 0 Å². The first-order chi connectivity index (χ1) is 13.9. The summed E-state index contributed by atoms with van der Waals surface area (Å²) in [5.41, 5.74) is 2.45. The van der Waals surface area contributed by atoms with Gasteiger partial charge in [-0.1, -0.05) is 42.5 Å². The molecule has 0 atom stereocenters. The number of rotatable bonds is 7. The summed E-state index contributed by atoms with van der Waals surface area (Å²) >= 11 is 0. The van der Waals surface area contributed by atoms with E-state index in [0.717, 1.165) is 44.0 Å². The fourth-order valence-electron chi connectivity index (χ4n) is 3.56. The zero-order valence-electron chi connectivity index (χ0n) is 17.4. The molecular weight excluding hydrogens is 364 g/mol. The van der Waals surface area contributed by atoms with E-state index in [4.69, 9.17) is 0 Å². The van der Waals surface area contributed by atoms with Crippen molar-refractivity contribution in [3.8, 4) is 0 Å². The first kappa shape index (κ1) is 21.3. The van der Waals surface area contributed by atoms with Crippen LogP contribution in [0.15, 0.2) is 54.6 Å². The molecule has 29 heavy (non-hydrogen) atoms. The SMILES string of the molecule is CC(C)(O)CN1CCN(Cc2ccc(NC(=O)NCc3ccccc3)cc2)CC1. The lowest BCUT2D eigenvalue weighted by atomic mass is 10.1. The maximum atomic E-state index is 12.1. The molecule has 156 valence electrons. The normalized spacial score (nSPS) is 15.8. The summed E-state index contributed by atoms with van der Waals surface area (Å²) in [6.07, 6.45) is 0. The molecule has 2 amide bonds. The molecule has 2 aromatic carbocycles. The second-order valence-corrected chi connectivity index (χ2v) is 8.35. The Bertz CT molecular complexity index is 764. The number of anilines is 1. The fraction of sp³-hybridized carbons (Fsp3) is 0.435. The Hall–Kier alpha value is -2.41. The molecule has 3 N–H and O–H groups in total. The Morgan fingerprint density at radius 2 is 1.55 bits per heavy atom. The van der Waals surface area contributed by atoms with Gasteiger partial charge in [-0.05, 0) is 37.1 Å². The smallest absolute Gasteiger partial charge is 0.319 e. The predicted molar refractivity (Wildman–Crippen MR) is 117 cm³/mol. The van der Waals surface area contributed by atoms with E-state index in [0.29, 0.717) is 13.1 Å². The Labute approximate surface area is 173 Å². The van der Waals surface area contributed by atoms with Gasteiger partial charge in [0, 0.05) is 51.5 Å². The summed E-state index contributed by atoms with van der Waals surface area (Å²) in [4.78, 5) is 16.8. The van der Waals surface area contributed by atoms with E-state index in [1.165, 1.54) is 5.56 Å². The molecule has 6 heteroatoms. The second kappa shape index (κ2) is 9.87. The van der Waals surface area contributed by atoms with Crippen LogP contribution >= 0.6 is 0 Å². The molecule has 1 aliphatic rings. The molecule has 3 rings (SSSR count). The molecule has 0 unspecified atom stereocenters. The van der Waals surface area contributed by atoms with Crippen LogP contribution in [0, 0.1) is 0 Å². The lowest BCUT2D eigenvalue weighted by molar-refractivity contribution is 0.0167. The number of nitrogens with zero attached hydrogens (tertiary/aromatic N) is 2. The molecule has 0 bridgehead atoms. The van der Waals surface area contributed by atoms with Crippen LogP contribution in [0.4, 0.5) is 10.5 Å². The van der Waals surface area contributed by atoms with E-state index in [9.17, 15) is 9.90 Å². The van der Waals surface area contributed by atoms with Gasteiger partial charge in [0.05, 0.1) is 5.60 Å². The maximum absolute atomic E-state index is 12.1. The van der Waals surface area contributed by atoms with Crippen LogP contribution in [0.3, 0.4) is 0 Å². The molecule has 0 spiro atoms. The van der Waals surface area contributed by atoms with Gasteiger partial charge in [-0.2, -0.15) is 0 Å². The summed E-state index contributed by atoms with van der Waals surface area (Å²) in [5.74, 6) is 0. The predicted octanol–water partition coefficient (Wildman–Crippen LogP) is 2.90. The minimum absolute atomic E-state index is 0.204. The number of aliphatic hydroxyl groups is 1. The van der Waals surface area contributed by atoms with E-state index >= 15 is 0 Å². The lowest BCUT2D eigenvalue weighted by Crippen LogP contribution is -2.50. The highest BCUT2D eigenvalue weighted by molar-refractivity contribution is 5.89. The molecule has 1 fully saturated rings. The number of urea groups is 1. The molecule has 1 heterocycles. The van der Waals surface area contributed by atoms with Crippen molar-refractivity contribution < 1.29 is 9.90 Å². The summed E-state index contributed by atoms with van der Waals surface area (Å²) in [6, 6.07) is 17.7. The number of piperazine rings is 1. The van der Waals surface area contributed by atoms with Crippen molar-refractivity contribution in [3.05, 3.63) is 65.7 Å². The van der Waals surface area contributed by atoms with E-state index < -0.39 is 5.60 Å². The highest BCUT2D eigenvalue weighted by atomic mass is 16.3. The number of β-amino-alcohol motifs (C(OH)–C–C–N with tert-alkyl or cyclic N) is 1. The van der Waals surface area contributed by atoms with Crippen LogP contribution in [0.2, 0.25) is 0 Å². The zero-order valence-corrected chi connectivity index (χ0v) is 17.4. The number of hydrogen-bond acceptors (Lipinski definition) is 4. The van der Waals surface area contributed by atoms with E-state index in [1.807, 2.05) is 56.3 Å². The fourth-order valence-corrected chi connectivity index (χ4v) is 3.56. The Morgan fingerprint density at radius 1 is 0.931 bits per heavy atom. The van der Waals surface area contributed by atoms with Crippen LogP contribution in [0.1, 0.15) is 25.0 Å². The number of carbonyl (C=O) groups excluding carboxylic acids is 1. The lowest BCUT2D eigenvalue weighted by Gasteiger charge is -2.37. The molecule has 6 nitrogen and oxygen atoms in total. The van der Waals surface area contributed by atoms with Crippen molar-refractivity contribution in [1.82, 2.24) is 15.1 Å². The molecule has 2 aromatic rings. The third-order valence-electron chi connectivity index (χ3n) is 4.99. The van der Waals surface area contributed by atoms with Gasteiger partial charge in [0.1, 0.15) is 0 Å². The van der Waals surface area contributed by atoms with Crippen LogP contribution < -0.4 is 10.6 Å². The van der Waals surface area contributed by atoms with Crippen molar-refractivity contribution in [2.45, 2.75) is 32.5 Å². The van der Waals surface area contributed by atoms with Crippen molar-refractivity contribution in [3.63, 3.8) is 0 Å². The van der Waals surface area contributed by atoms with Crippen molar-refractivity contribution >= 4 is 11.7 Å². The zero-order chi connectivity index (χ0) is 20.7. The van der Waals surface area contributed by atoms with Gasteiger partial charge in [0.25, 0.3) is 0 Å². The minimum Gasteiger partial charge on any atom is -0.389 e. The quantitative estimate of drug-likeness (QED) is 0.673. The Balaban J connectivity index is 1.40. The molecular formula is C23H32N4O2.